The third-order valence-corrected chi connectivity index (χ3v) is 3.32. The minimum atomic E-state index is -0.493. The summed E-state index contributed by atoms with van der Waals surface area (Å²) in [5.74, 6) is -0.207. The Hall–Kier alpha value is -3.42. The lowest BCUT2D eigenvalue weighted by Crippen LogP contribution is -2.34. The molecule has 128 valence electrons. The first-order chi connectivity index (χ1) is 12.1. The number of ether oxygens (including phenoxy) is 2. The Morgan fingerprint density at radius 2 is 1.88 bits per heavy atom. The van der Waals surface area contributed by atoms with E-state index in [0.29, 0.717) is 22.6 Å². The number of benzene rings is 2. The number of hydrogen-bond acceptors (Lipinski definition) is 5. The number of fused-ring (bicyclic) bond motifs is 1. The van der Waals surface area contributed by atoms with Crippen molar-refractivity contribution in [1.82, 2.24) is 10.7 Å². The van der Waals surface area contributed by atoms with Crippen LogP contribution in [0, 0.1) is 5.82 Å². The molecule has 2 aromatic carbocycles. The standard InChI is InChI=1S/C17H14FN3O4/c18-13-4-1-11(2-5-13)8-20-21-16(22)9-19-17(23)12-3-6-14-15(7-12)25-10-24-14/h1-8H,9-10H2,(H,19,23)(H,21,22)/b20-8-. The molecule has 2 aromatic rings. The van der Waals surface area contributed by atoms with Crippen molar-refractivity contribution < 1.29 is 23.5 Å². The Morgan fingerprint density at radius 1 is 1.12 bits per heavy atom. The molecule has 0 unspecified atom stereocenters. The fourth-order valence-electron chi connectivity index (χ4n) is 2.07. The van der Waals surface area contributed by atoms with E-state index in [4.69, 9.17) is 9.47 Å². The highest BCUT2D eigenvalue weighted by molar-refractivity contribution is 5.97. The van der Waals surface area contributed by atoms with Crippen LogP contribution < -0.4 is 20.2 Å². The Labute approximate surface area is 142 Å². The van der Waals surface area contributed by atoms with Crippen molar-refractivity contribution in [3.63, 3.8) is 0 Å². The van der Waals surface area contributed by atoms with Crippen LogP contribution in [0.4, 0.5) is 4.39 Å². The number of nitrogens with one attached hydrogen (secondary N) is 2. The minimum Gasteiger partial charge on any atom is -0.454 e. The number of carbonyl (C=O) groups excluding carboxylic acids is 2. The fourth-order valence-corrected chi connectivity index (χ4v) is 2.07. The Bertz CT molecular complexity index is 821. The second kappa shape index (κ2) is 7.43. The van der Waals surface area contributed by atoms with Crippen LogP contribution in [0.1, 0.15) is 15.9 Å². The van der Waals surface area contributed by atoms with E-state index < -0.39 is 11.8 Å². The summed E-state index contributed by atoms with van der Waals surface area (Å²) in [5, 5.41) is 6.21. The van der Waals surface area contributed by atoms with Crippen molar-refractivity contribution in [3.8, 4) is 11.5 Å². The van der Waals surface area contributed by atoms with Gasteiger partial charge >= 0.3 is 0 Å². The molecule has 1 heterocycles. The lowest BCUT2D eigenvalue weighted by atomic mass is 10.2. The molecule has 0 bridgehead atoms. The summed E-state index contributed by atoms with van der Waals surface area (Å²) in [4.78, 5) is 23.7. The lowest BCUT2D eigenvalue weighted by Gasteiger charge is -2.05. The zero-order valence-electron chi connectivity index (χ0n) is 13.0. The van der Waals surface area contributed by atoms with Gasteiger partial charge < -0.3 is 14.8 Å². The molecular weight excluding hydrogens is 329 g/mol. The van der Waals surface area contributed by atoms with Crippen molar-refractivity contribution in [2.45, 2.75) is 0 Å². The second-order valence-corrected chi connectivity index (χ2v) is 5.10. The number of amides is 2. The molecule has 0 fully saturated rings. The molecule has 8 heteroatoms. The summed E-state index contributed by atoms with van der Waals surface area (Å²) in [6, 6.07) is 10.4. The summed E-state index contributed by atoms with van der Waals surface area (Å²) >= 11 is 0. The summed E-state index contributed by atoms with van der Waals surface area (Å²) in [6.45, 7) is -0.122. The summed E-state index contributed by atoms with van der Waals surface area (Å²) < 4.78 is 23.1. The van der Waals surface area contributed by atoms with Gasteiger partial charge in [-0.05, 0) is 35.9 Å². The number of hydrogen-bond donors (Lipinski definition) is 2. The smallest absolute Gasteiger partial charge is 0.259 e. The van der Waals surface area contributed by atoms with Crippen molar-refractivity contribution in [1.29, 1.82) is 0 Å². The van der Waals surface area contributed by atoms with Crippen molar-refractivity contribution in [3.05, 3.63) is 59.4 Å². The highest BCUT2D eigenvalue weighted by Gasteiger charge is 2.16. The molecule has 2 N–H and O–H groups in total. The minimum absolute atomic E-state index is 0.120. The highest BCUT2D eigenvalue weighted by Crippen LogP contribution is 2.32. The van der Waals surface area contributed by atoms with Crippen molar-refractivity contribution in [2.75, 3.05) is 13.3 Å². The molecule has 0 spiro atoms. The molecule has 0 atom stereocenters. The van der Waals surface area contributed by atoms with Crippen LogP contribution in [0.3, 0.4) is 0 Å². The third kappa shape index (κ3) is 4.31. The average molecular weight is 343 g/mol. The highest BCUT2D eigenvalue weighted by atomic mass is 19.1. The van der Waals surface area contributed by atoms with Crippen LogP contribution in [0.15, 0.2) is 47.6 Å². The average Bonchev–Trinajstić information content (AvgIpc) is 3.09. The molecule has 0 aromatic heterocycles. The fraction of sp³-hybridized carbons (Fsp3) is 0.118. The molecule has 0 aliphatic carbocycles. The van der Waals surface area contributed by atoms with Crippen LogP contribution >= 0.6 is 0 Å². The zero-order valence-corrected chi connectivity index (χ0v) is 13.0. The SMILES string of the molecule is O=C(CNC(=O)c1ccc2c(c1)OCO2)N/N=C\c1ccc(F)cc1. The van der Waals surface area contributed by atoms with Gasteiger partial charge in [0.2, 0.25) is 6.79 Å². The predicted octanol–water partition coefficient (Wildman–Crippen LogP) is 1.43. The maximum atomic E-state index is 12.8. The quantitative estimate of drug-likeness (QED) is 0.635. The predicted molar refractivity (Wildman–Crippen MR) is 87.0 cm³/mol. The largest absolute Gasteiger partial charge is 0.454 e. The van der Waals surface area contributed by atoms with E-state index in [0.717, 1.165) is 0 Å². The second-order valence-electron chi connectivity index (χ2n) is 5.10. The van der Waals surface area contributed by atoms with Crippen LogP contribution in [0.5, 0.6) is 11.5 Å². The molecular formula is C17H14FN3O4. The maximum Gasteiger partial charge on any atom is 0.259 e. The topological polar surface area (TPSA) is 89.0 Å². The molecule has 1 aliphatic rings. The summed E-state index contributed by atoms with van der Waals surface area (Å²) in [5.41, 5.74) is 3.26. The van der Waals surface area contributed by atoms with Crippen LogP contribution in [-0.2, 0) is 4.79 Å². The molecule has 1 aliphatic heterocycles. The molecule has 2 amide bonds. The van der Waals surface area contributed by atoms with E-state index >= 15 is 0 Å². The number of rotatable bonds is 5. The number of carbonyl (C=O) groups is 2. The third-order valence-electron chi connectivity index (χ3n) is 3.32. The maximum absolute atomic E-state index is 12.8. The van der Waals surface area contributed by atoms with Gasteiger partial charge in [0, 0.05) is 5.56 Å². The van der Waals surface area contributed by atoms with Gasteiger partial charge in [-0.2, -0.15) is 5.10 Å². The van der Waals surface area contributed by atoms with E-state index in [1.165, 1.54) is 30.5 Å². The van der Waals surface area contributed by atoms with E-state index in [2.05, 4.69) is 15.8 Å². The molecule has 3 rings (SSSR count). The summed E-state index contributed by atoms with van der Waals surface area (Å²) in [7, 11) is 0. The Morgan fingerprint density at radius 3 is 2.68 bits per heavy atom. The molecule has 7 nitrogen and oxygen atoms in total. The van der Waals surface area contributed by atoms with Crippen molar-refractivity contribution in [2.24, 2.45) is 5.10 Å². The molecule has 0 saturated heterocycles. The van der Waals surface area contributed by atoms with Crippen LogP contribution in [-0.4, -0.2) is 31.4 Å². The van der Waals surface area contributed by atoms with Gasteiger partial charge in [-0.3, -0.25) is 9.59 Å². The lowest BCUT2D eigenvalue weighted by molar-refractivity contribution is -0.120. The van der Waals surface area contributed by atoms with E-state index in [1.807, 2.05) is 0 Å². The van der Waals surface area contributed by atoms with Gasteiger partial charge in [0.15, 0.2) is 11.5 Å². The molecule has 0 saturated carbocycles. The van der Waals surface area contributed by atoms with Crippen LogP contribution in [0.2, 0.25) is 0 Å². The number of halogens is 1. The van der Waals surface area contributed by atoms with Gasteiger partial charge in [0.1, 0.15) is 5.82 Å². The number of nitrogens with zero attached hydrogens (tertiary/aromatic N) is 1. The normalized spacial score (nSPS) is 12.2. The van der Waals surface area contributed by atoms with Crippen LogP contribution in [0.25, 0.3) is 0 Å². The van der Waals surface area contributed by atoms with E-state index in [9.17, 15) is 14.0 Å². The van der Waals surface area contributed by atoms with E-state index in [1.54, 1.807) is 18.2 Å². The first-order valence-corrected chi connectivity index (χ1v) is 7.37. The van der Waals surface area contributed by atoms with Gasteiger partial charge in [-0.25, -0.2) is 9.82 Å². The first kappa shape index (κ1) is 16.4. The van der Waals surface area contributed by atoms with Crippen molar-refractivity contribution >= 4 is 18.0 Å². The van der Waals surface area contributed by atoms with Gasteiger partial charge in [-0.1, -0.05) is 12.1 Å². The Kier molecular flexibility index (Phi) is 4.89. The molecule has 25 heavy (non-hydrogen) atoms. The zero-order chi connectivity index (χ0) is 17.6. The van der Waals surface area contributed by atoms with Gasteiger partial charge in [0.05, 0.1) is 12.8 Å². The van der Waals surface area contributed by atoms with E-state index in [-0.39, 0.29) is 19.2 Å². The monoisotopic (exact) mass is 343 g/mol. The summed E-state index contributed by atoms with van der Waals surface area (Å²) in [6.07, 6.45) is 1.37. The first-order valence-electron chi connectivity index (χ1n) is 7.37. The van der Waals surface area contributed by atoms with Gasteiger partial charge in [-0.15, -0.1) is 0 Å². The number of hydrazone groups is 1. The Balaban J connectivity index is 1.47. The van der Waals surface area contributed by atoms with Gasteiger partial charge in [0.25, 0.3) is 11.8 Å². The molecule has 0 radical (unpaired) electrons.